The number of aryl methyl sites for hydroxylation is 1. The first kappa shape index (κ1) is 17.5. The molecule has 1 heterocycles. The quantitative estimate of drug-likeness (QED) is 0.396. The van der Waals surface area contributed by atoms with Crippen molar-refractivity contribution in [1.82, 2.24) is 9.55 Å². The van der Waals surface area contributed by atoms with Crippen molar-refractivity contribution in [3.8, 4) is 5.69 Å². The summed E-state index contributed by atoms with van der Waals surface area (Å²) < 4.78 is 6.18. The van der Waals surface area contributed by atoms with Gasteiger partial charge in [0.2, 0.25) is 0 Å². The van der Waals surface area contributed by atoms with Gasteiger partial charge in [-0.2, -0.15) is 0 Å². The van der Waals surface area contributed by atoms with E-state index in [4.69, 9.17) is 11.6 Å². The Balaban J connectivity index is 2.21. The molecular formula is C18H15ClN2O3S. The molecule has 0 fully saturated rings. The average molecular weight is 375 g/mol. The van der Waals surface area contributed by atoms with Crippen molar-refractivity contribution in [3.05, 3.63) is 63.4 Å². The summed E-state index contributed by atoms with van der Waals surface area (Å²) in [5, 5.41) is 1.37. The van der Waals surface area contributed by atoms with Crippen LogP contribution in [0, 0.1) is 6.92 Å². The lowest BCUT2D eigenvalue weighted by Crippen LogP contribution is -2.22. The fourth-order valence-electron chi connectivity index (χ4n) is 2.34. The summed E-state index contributed by atoms with van der Waals surface area (Å²) in [6.07, 6.45) is 0. The fourth-order valence-corrected chi connectivity index (χ4v) is 3.35. The number of hydrogen-bond donors (Lipinski definition) is 0. The van der Waals surface area contributed by atoms with Gasteiger partial charge in [0.15, 0.2) is 5.16 Å². The van der Waals surface area contributed by atoms with Gasteiger partial charge in [0.25, 0.3) is 5.56 Å². The molecule has 3 rings (SSSR count). The molecule has 0 aliphatic rings. The van der Waals surface area contributed by atoms with Gasteiger partial charge in [-0.1, -0.05) is 41.1 Å². The Morgan fingerprint density at radius 1 is 1.24 bits per heavy atom. The molecule has 3 aromatic rings. The third kappa shape index (κ3) is 3.70. The number of ether oxygens (including phenoxy) is 1. The van der Waals surface area contributed by atoms with Crippen molar-refractivity contribution >= 4 is 40.2 Å². The minimum absolute atomic E-state index is 0.0564. The maximum Gasteiger partial charge on any atom is 0.316 e. The van der Waals surface area contributed by atoms with Crippen LogP contribution in [0.5, 0.6) is 0 Å². The van der Waals surface area contributed by atoms with Crippen LogP contribution in [-0.4, -0.2) is 28.4 Å². The molecule has 0 aliphatic heterocycles. The molecule has 0 radical (unpaired) electrons. The van der Waals surface area contributed by atoms with Gasteiger partial charge in [-0.25, -0.2) is 4.98 Å². The van der Waals surface area contributed by atoms with Gasteiger partial charge in [0, 0.05) is 5.02 Å². The zero-order valence-corrected chi connectivity index (χ0v) is 15.2. The molecule has 25 heavy (non-hydrogen) atoms. The first-order valence-corrected chi connectivity index (χ1v) is 8.85. The summed E-state index contributed by atoms with van der Waals surface area (Å²) in [5.41, 5.74) is 2.06. The zero-order valence-electron chi connectivity index (χ0n) is 13.7. The van der Waals surface area contributed by atoms with Crippen molar-refractivity contribution in [2.24, 2.45) is 0 Å². The highest BCUT2D eigenvalue weighted by Crippen LogP contribution is 2.23. The third-order valence-electron chi connectivity index (χ3n) is 3.64. The van der Waals surface area contributed by atoms with E-state index in [1.165, 1.54) is 11.7 Å². The maximum absolute atomic E-state index is 13.0. The topological polar surface area (TPSA) is 61.2 Å². The lowest BCUT2D eigenvalue weighted by atomic mass is 10.2. The number of rotatable bonds is 4. The monoisotopic (exact) mass is 374 g/mol. The zero-order chi connectivity index (χ0) is 18.0. The van der Waals surface area contributed by atoms with E-state index in [9.17, 15) is 9.59 Å². The van der Waals surface area contributed by atoms with Crippen LogP contribution in [0.4, 0.5) is 0 Å². The van der Waals surface area contributed by atoms with Crippen LogP contribution in [0.25, 0.3) is 16.6 Å². The Hall–Kier alpha value is -2.31. The minimum atomic E-state index is -0.388. The van der Waals surface area contributed by atoms with Crippen molar-refractivity contribution in [1.29, 1.82) is 0 Å². The number of thioether (sulfide) groups is 1. The van der Waals surface area contributed by atoms with E-state index in [-0.39, 0.29) is 17.3 Å². The molecule has 5 nitrogen and oxygen atoms in total. The number of methoxy groups -OCH3 is 1. The SMILES string of the molecule is COC(=O)CSc1nc2cc(Cl)ccc2c(=O)n1-c1ccc(C)cc1. The van der Waals surface area contributed by atoms with E-state index in [0.717, 1.165) is 17.3 Å². The largest absolute Gasteiger partial charge is 0.468 e. The van der Waals surface area contributed by atoms with Gasteiger partial charge in [-0.15, -0.1) is 0 Å². The molecular weight excluding hydrogens is 360 g/mol. The first-order valence-electron chi connectivity index (χ1n) is 7.48. The summed E-state index contributed by atoms with van der Waals surface area (Å²) in [5.74, 6) is -0.332. The lowest BCUT2D eigenvalue weighted by Gasteiger charge is -2.13. The molecule has 0 amide bonds. The predicted molar refractivity (Wildman–Crippen MR) is 99.8 cm³/mol. The smallest absolute Gasteiger partial charge is 0.316 e. The van der Waals surface area contributed by atoms with Crippen molar-refractivity contribution in [3.63, 3.8) is 0 Å². The Labute approximate surface area is 153 Å². The van der Waals surface area contributed by atoms with E-state index in [2.05, 4.69) is 9.72 Å². The number of aromatic nitrogens is 2. The van der Waals surface area contributed by atoms with Crippen molar-refractivity contribution in [2.45, 2.75) is 12.1 Å². The van der Waals surface area contributed by atoms with E-state index >= 15 is 0 Å². The Morgan fingerprint density at radius 3 is 2.64 bits per heavy atom. The molecule has 2 aromatic carbocycles. The molecule has 7 heteroatoms. The molecule has 0 spiro atoms. The summed E-state index contributed by atoms with van der Waals surface area (Å²) >= 11 is 7.17. The molecule has 0 N–H and O–H groups in total. The maximum atomic E-state index is 13.0. The van der Waals surface area contributed by atoms with E-state index in [1.807, 2.05) is 31.2 Å². The van der Waals surface area contributed by atoms with Crippen LogP contribution >= 0.6 is 23.4 Å². The van der Waals surface area contributed by atoms with Crippen LogP contribution in [0.1, 0.15) is 5.56 Å². The highest BCUT2D eigenvalue weighted by atomic mass is 35.5. The molecule has 0 saturated heterocycles. The molecule has 0 saturated carbocycles. The van der Waals surface area contributed by atoms with Gasteiger partial charge < -0.3 is 4.74 Å². The van der Waals surface area contributed by atoms with Gasteiger partial charge in [0.1, 0.15) is 0 Å². The normalized spacial score (nSPS) is 10.8. The molecule has 0 aliphatic carbocycles. The molecule has 0 bridgehead atoms. The number of halogens is 1. The fraction of sp³-hybridized carbons (Fsp3) is 0.167. The summed E-state index contributed by atoms with van der Waals surface area (Å²) in [4.78, 5) is 29.0. The number of carbonyl (C=O) groups excluding carboxylic acids is 1. The Bertz CT molecular complexity index is 1000. The lowest BCUT2D eigenvalue weighted by molar-refractivity contribution is -0.137. The highest BCUT2D eigenvalue weighted by molar-refractivity contribution is 7.99. The van der Waals surface area contributed by atoms with Crippen LogP contribution in [0.2, 0.25) is 5.02 Å². The number of fused-ring (bicyclic) bond motifs is 1. The Morgan fingerprint density at radius 2 is 1.96 bits per heavy atom. The number of esters is 1. The van der Waals surface area contributed by atoms with Gasteiger partial charge in [-0.3, -0.25) is 14.2 Å². The van der Waals surface area contributed by atoms with E-state index in [1.54, 1.807) is 18.2 Å². The number of benzene rings is 2. The van der Waals surface area contributed by atoms with Gasteiger partial charge in [0.05, 0.1) is 29.5 Å². The molecule has 1 aromatic heterocycles. The predicted octanol–water partition coefficient (Wildman–Crippen LogP) is 3.61. The summed E-state index contributed by atoms with van der Waals surface area (Å²) in [7, 11) is 1.32. The summed E-state index contributed by atoms with van der Waals surface area (Å²) in [6.45, 7) is 1.97. The first-order chi connectivity index (χ1) is 12.0. The molecule has 0 unspecified atom stereocenters. The van der Waals surface area contributed by atoms with Gasteiger partial charge in [-0.05, 0) is 37.3 Å². The number of nitrogens with zero attached hydrogens (tertiary/aromatic N) is 2. The Kier molecular flexibility index (Phi) is 5.11. The van der Waals surface area contributed by atoms with E-state index in [0.29, 0.717) is 26.8 Å². The molecule has 128 valence electrons. The van der Waals surface area contributed by atoms with Gasteiger partial charge >= 0.3 is 5.97 Å². The van der Waals surface area contributed by atoms with Crippen molar-refractivity contribution in [2.75, 3.05) is 12.9 Å². The minimum Gasteiger partial charge on any atom is -0.468 e. The van der Waals surface area contributed by atoms with Crippen LogP contribution in [0.15, 0.2) is 52.4 Å². The standard InChI is InChI=1S/C18H15ClN2O3S/c1-11-3-6-13(7-4-11)21-17(23)14-8-5-12(19)9-15(14)20-18(21)25-10-16(22)24-2/h3-9H,10H2,1-2H3. The molecule has 0 atom stereocenters. The van der Waals surface area contributed by atoms with E-state index < -0.39 is 0 Å². The van der Waals surface area contributed by atoms with Crippen LogP contribution in [-0.2, 0) is 9.53 Å². The van der Waals surface area contributed by atoms with Crippen LogP contribution < -0.4 is 5.56 Å². The summed E-state index contributed by atoms with van der Waals surface area (Å²) in [6, 6.07) is 12.5. The number of hydrogen-bond acceptors (Lipinski definition) is 5. The van der Waals surface area contributed by atoms with Crippen LogP contribution in [0.3, 0.4) is 0 Å². The third-order valence-corrected chi connectivity index (χ3v) is 4.79. The second-order valence-electron chi connectivity index (χ2n) is 5.40. The highest BCUT2D eigenvalue weighted by Gasteiger charge is 2.15. The van der Waals surface area contributed by atoms with Crippen molar-refractivity contribution < 1.29 is 9.53 Å². The second kappa shape index (κ2) is 7.29. The second-order valence-corrected chi connectivity index (χ2v) is 6.78. The average Bonchev–Trinajstić information content (AvgIpc) is 2.60. The number of carbonyl (C=O) groups is 1.